The Balaban J connectivity index is 2.72. The third-order valence-corrected chi connectivity index (χ3v) is 3.28. The Labute approximate surface area is 104 Å². The molecule has 0 aromatic rings. The lowest BCUT2D eigenvalue weighted by molar-refractivity contribution is -0.145. The van der Waals surface area contributed by atoms with Gasteiger partial charge in [0.05, 0.1) is 25.7 Å². The number of carbonyl (C=O) groups is 1. The first kappa shape index (κ1) is 14.5. The molecular weight excluding hydrogens is 218 g/mol. The molecule has 1 aliphatic heterocycles. The van der Waals surface area contributed by atoms with E-state index in [0.29, 0.717) is 6.42 Å². The van der Waals surface area contributed by atoms with Gasteiger partial charge >= 0.3 is 5.97 Å². The molecule has 0 aromatic heterocycles. The van der Waals surface area contributed by atoms with E-state index in [4.69, 9.17) is 9.47 Å². The lowest BCUT2D eigenvalue weighted by Crippen LogP contribution is -2.54. The average Bonchev–Trinajstić information content (AvgIpc) is 2.24. The average molecular weight is 243 g/mol. The van der Waals surface area contributed by atoms with Crippen molar-refractivity contribution in [2.75, 3.05) is 13.7 Å². The van der Waals surface area contributed by atoms with E-state index in [1.807, 2.05) is 0 Å². The van der Waals surface area contributed by atoms with Crippen LogP contribution in [-0.2, 0) is 14.3 Å². The highest BCUT2D eigenvalue weighted by molar-refractivity contribution is 5.70. The summed E-state index contributed by atoms with van der Waals surface area (Å²) in [6.07, 6.45) is 3.60. The smallest absolute Gasteiger partial charge is 0.307 e. The van der Waals surface area contributed by atoms with Crippen LogP contribution in [0, 0.1) is 0 Å². The Morgan fingerprint density at radius 2 is 2.00 bits per heavy atom. The maximum Gasteiger partial charge on any atom is 0.307 e. The van der Waals surface area contributed by atoms with Gasteiger partial charge in [0.2, 0.25) is 0 Å². The van der Waals surface area contributed by atoms with E-state index in [0.717, 1.165) is 25.8 Å². The minimum atomic E-state index is -0.153. The molecule has 0 amide bonds. The third-order valence-electron chi connectivity index (χ3n) is 3.28. The van der Waals surface area contributed by atoms with E-state index < -0.39 is 0 Å². The summed E-state index contributed by atoms with van der Waals surface area (Å²) in [7, 11) is 1.45. The van der Waals surface area contributed by atoms with Crippen LogP contribution in [0.5, 0.6) is 0 Å². The van der Waals surface area contributed by atoms with Gasteiger partial charge in [-0.1, -0.05) is 6.92 Å². The first-order valence-electron chi connectivity index (χ1n) is 6.48. The molecule has 0 saturated carbocycles. The van der Waals surface area contributed by atoms with Gasteiger partial charge in [0.1, 0.15) is 0 Å². The molecule has 0 aliphatic carbocycles. The first-order valence-corrected chi connectivity index (χ1v) is 6.48. The minimum absolute atomic E-state index is 0.144. The van der Waals surface area contributed by atoms with Crippen molar-refractivity contribution in [3.05, 3.63) is 0 Å². The van der Waals surface area contributed by atoms with Crippen LogP contribution in [0.25, 0.3) is 0 Å². The molecule has 100 valence electrons. The summed E-state index contributed by atoms with van der Waals surface area (Å²) >= 11 is 0. The van der Waals surface area contributed by atoms with Crippen LogP contribution in [0.3, 0.4) is 0 Å². The van der Waals surface area contributed by atoms with Gasteiger partial charge < -0.3 is 14.8 Å². The van der Waals surface area contributed by atoms with E-state index in [9.17, 15) is 4.79 Å². The predicted molar refractivity (Wildman–Crippen MR) is 66.9 cm³/mol. The maximum atomic E-state index is 11.6. The topological polar surface area (TPSA) is 47.6 Å². The van der Waals surface area contributed by atoms with E-state index >= 15 is 0 Å². The largest absolute Gasteiger partial charge is 0.469 e. The summed E-state index contributed by atoms with van der Waals surface area (Å²) in [6, 6.07) is 0. The van der Waals surface area contributed by atoms with Crippen molar-refractivity contribution >= 4 is 5.97 Å². The Morgan fingerprint density at radius 3 is 2.47 bits per heavy atom. The molecular formula is C13H25NO3. The van der Waals surface area contributed by atoms with E-state index in [1.54, 1.807) is 0 Å². The van der Waals surface area contributed by atoms with Gasteiger partial charge in [0.15, 0.2) is 0 Å². The van der Waals surface area contributed by atoms with Crippen LogP contribution < -0.4 is 5.32 Å². The van der Waals surface area contributed by atoms with Gasteiger partial charge in [-0.2, -0.15) is 0 Å². The monoisotopic (exact) mass is 243 g/mol. The number of hydrogen-bond acceptors (Lipinski definition) is 4. The number of esters is 1. The van der Waals surface area contributed by atoms with Gasteiger partial charge in [-0.05, 0) is 39.7 Å². The second-order valence-corrected chi connectivity index (χ2v) is 5.13. The van der Waals surface area contributed by atoms with Crippen molar-refractivity contribution in [1.82, 2.24) is 5.32 Å². The molecule has 1 aliphatic rings. The number of hydrogen-bond donors (Lipinski definition) is 1. The molecule has 1 rings (SSSR count). The van der Waals surface area contributed by atoms with Crippen LogP contribution in [0.2, 0.25) is 0 Å². The van der Waals surface area contributed by atoms with Crippen LogP contribution in [-0.4, -0.2) is 37.4 Å². The molecule has 0 radical (unpaired) electrons. The maximum absolute atomic E-state index is 11.6. The van der Waals surface area contributed by atoms with Crippen LogP contribution in [0.15, 0.2) is 0 Å². The summed E-state index contributed by atoms with van der Waals surface area (Å²) in [4.78, 5) is 11.6. The Kier molecular flexibility index (Phi) is 5.40. The zero-order chi connectivity index (χ0) is 12.9. The third kappa shape index (κ3) is 4.28. The standard InChI is InChI=1S/C13H25NO3/c1-5-6-14-13(9-12(15)16-4)7-10(2)17-11(3)8-13/h10-11,14H,5-9H2,1-4H3. The van der Waals surface area contributed by atoms with Crippen molar-refractivity contribution in [3.63, 3.8) is 0 Å². The van der Waals surface area contributed by atoms with Crippen molar-refractivity contribution < 1.29 is 14.3 Å². The molecule has 4 heteroatoms. The molecule has 1 heterocycles. The molecule has 2 unspecified atom stereocenters. The SMILES string of the molecule is CCCNC1(CC(=O)OC)CC(C)OC(C)C1. The lowest BCUT2D eigenvalue weighted by Gasteiger charge is -2.43. The normalized spacial score (nSPS) is 33.4. The fourth-order valence-electron chi connectivity index (χ4n) is 2.77. The summed E-state index contributed by atoms with van der Waals surface area (Å²) in [6.45, 7) is 7.19. The zero-order valence-electron chi connectivity index (χ0n) is 11.4. The fourth-order valence-corrected chi connectivity index (χ4v) is 2.77. The second kappa shape index (κ2) is 6.36. The van der Waals surface area contributed by atoms with Crippen molar-refractivity contribution in [1.29, 1.82) is 0 Å². The van der Waals surface area contributed by atoms with Gasteiger partial charge in [-0.3, -0.25) is 4.79 Å². The lowest BCUT2D eigenvalue weighted by atomic mass is 9.81. The number of carbonyl (C=O) groups excluding carboxylic acids is 1. The number of rotatable bonds is 5. The highest BCUT2D eigenvalue weighted by atomic mass is 16.5. The fraction of sp³-hybridized carbons (Fsp3) is 0.923. The van der Waals surface area contributed by atoms with Crippen LogP contribution in [0.1, 0.15) is 46.5 Å². The predicted octanol–water partition coefficient (Wildman–Crippen LogP) is 1.88. The van der Waals surface area contributed by atoms with Crippen molar-refractivity contribution in [2.45, 2.75) is 64.2 Å². The minimum Gasteiger partial charge on any atom is -0.469 e. The van der Waals surface area contributed by atoms with Crippen LogP contribution in [0.4, 0.5) is 0 Å². The summed E-state index contributed by atoms with van der Waals surface area (Å²) in [5.74, 6) is -0.144. The highest BCUT2D eigenvalue weighted by Crippen LogP contribution is 2.32. The van der Waals surface area contributed by atoms with Gasteiger partial charge in [-0.15, -0.1) is 0 Å². The van der Waals surface area contributed by atoms with Crippen molar-refractivity contribution in [2.24, 2.45) is 0 Å². The van der Waals surface area contributed by atoms with E-state index in [1.165, 1.54) is 7.11 Å². The molecule has 0 bridgehead atoms. The Morgan fingerprint density at radius 1 is 1.41 bits per heavy atom. The summed E-state index contributed by atoms with van der Waals surface area (Å²) in [5.41, 5.74) is -0.153. The van der Waals surface area contributed by atoms with E-state index in [-0.39, 0.29) is 23.7 Å². The molecule has 0 aromatic carbocycles. The van der Waals surface area contributed by atoms with Gasteiger partial charge in [-0.25, -0.2) is 0 Å². The molecule has 17 heavy (non-hydrogen) atoms. The number of nitrogens with one attached hydrogen (secondary N) is 1. The quantitative estimate of drug-likeness (QED) is 0.749. The number of ether oxygens (including phenoxy) is 2. The molecule has 1 saturated heterocycles. The summed E-state index contributed by atoms with van der Waals surface area (Å²) in [5, 5.41) is 3.53. The summed E-state index contributed by atoms with van der Waals surface area (Å²) < 4.78 is 10.6. The zero-order valence-corrected chi connectivity index (χ0v) is 11.4. The highest BCUT2D eigenvalue weighted by Gasteiger charge is 2.40. The molecule has 0 spiro atoms. The van der Waals surface area contributed by atoms with Gasteiger partial charge in [0, 0.05) is 5.54 Å². The van der Waals surface area contributed by atoms with E-state index in [2.05, 4.69) is 26.1 Å². The van der Waals surface area contributed by atoms with Gasteiger partial charge in [0.25, 0.3) is 0 Å². The Hall–Kier alpha value is -0.610. The first-order chi connectivity index (χ1) is 8.01. The molecule has 1 N–H and O–H groups in total. The van der Waals surface area contributed by atoms with Crippen LogP contribution >= 0.6 is 0 Å². The molecule has 2 atom stereocenters. The Bertz CT molecular complexity index is 245. The second-order valence-electron chi connectivity index (χ2n) is 5.13. The molecule has 4 nitrogen and oxygen atoms in total. The number of methoxy groups -OCH3 is 1. The van der Waals surface area contributed by atoms with Crippen molar-refractivity contribution in [3.8, 4) is 0 Å². The molecule has 1 fully saturated rings.